The summed E-state index contributed by atoms with van der Waals surface area (Å²) in [5.41, 5.74) is 0. The lowest BCUT2D eigenvalue weighted by Gasteiger charge is -2.36. The fourth-order valence-corrected chi connectivity index (χ4v) is 3.46. The van der Waals surface area contributed by atoms with Crippen LogP contribution < -0.4 is 10.6 Å². The number of likely N-dealkylation sites (tertiary alicyclic amines) is 1. The van der Waals surface area contributed by atoms with Crippen LogP contribution >= 0.6 is 0 Å². The highest BCUT2D eigenvalue weighted by Crippen LogP contribution is 2.17. The predicted octanol–water partition coefficient (Wildman–Crippen LogP) is 0.518. The first kappa shape index (κ1) is 16.7. The summed E-state index contributed by atoms with van der Waals surface area (Å²) in [5, 5.41) is 6.52. The highest BCUT2D eigenvalue weighted by Gasteiger charge is 2.29. The molecule has 2 rings (SSSR count). The molecule has 122 valence electrons. The topological polar surface area (TPSA) is 47.6 Å². The second-order valence-corrected chi connectivity index (χ2v) is 6.67. The van der Waals surface area contributed by atoms with Crippen molar-refractivity contribution in [1.29, 1.82) is 0 Å². The van der Waals surface area contributed by atoms with Crippen LogP contribution in [0.4, 0.5) is 0 Å². The summed E-state index contributed by atoms with van der Waals surface area (Å²) in [6.07, 6.45) is 3.78. The summed E-state index contributed by atoms with van der Waals surface area (Å²) in [5.74, 6) is 0.601. The minimum absolute atomic E-state index is 0.0494. The van der Waals surface area contributed by atoms with E-state index in [1.807, 2.05) is 0 Å². The lowest BCUT2D eigenvalue weighted by molar-refractivity contribution is -0.128. The van der Waals surface area contributed by atoms with E-state index in [0.29, 0.717) is 5.92 Å². The molecule has 2 saturated heterocycles. The summed E-state index contributed by atoms with van der Waals surface area (Å²) >= 11 is 0. The number of carbonyl (C=O) groups is 1. The molecule has 21 heavy (non-hydrogen) atoms. The van der Waals surface area contributed by atoms with Crippen molar-refractivity contribution in [2.24, 2.45) is 5.92 Å². The first-order valence-corrected chi connectivity index (χ1v) is 8.63. The van der Waals surface area contributed by atoms with Crippen LogP contribution in [0.25, 0.3) is 0 Å². The highest BCUT2D eigenvalue weighted by atomic mass is 16.2. The van der Waals surface area contributed by atoms with Crippen LogP contribution in [0.5, 0.6) is 0 Å². The van der Waals surface area contributed by atoms with E-state index in [4.69, 9.17) is 0 Å². The summed E-state index contributed by atoms with van der Waals surface area (Å²) < 4.78 is 0. The maximum atomic E-state index is 12.5. The average molecular weight is 296 g/mol. The molecule has 0 aromatic heterocycles. The summed E-state index contributed by atoms with van der Waals surface area (Å²) in [6, 6.07) is 0.0494. The predicted molar refractivity (Wildman–Crippen MR) is 86.4 cm³/mol. The molecular weight excluding hydrogens is 264 g/mol. The minimum Gasteiger partial charge on any atom is -0.353 e. The van der Waals surface area contributed by atoms with E-state index in [0.717, 1.165) is 52.4 Å². The molecule has 2 aliphatic heterocycles. The van der Waals surface area contributed by atoms with Gasteiger partial charge in [0.2, 0.25) is 5.91 Å². The second-order valence-electron chi connectivity index (χ2n) is 6.67. The largest absolute Gasteiger partial charge is 0.353 e. The van der Waals surface area contributed by atoms with E-state index >= 15 is 0 Å². The van der Waals surface area contributed by atoms with Gasteiger partial charge in [0.15, 0.2) is 0 Å². The van der Waals surface area contributed by atoms with Crippen molar-refractivity contribution in [1.82, 2.24) is 20.4 Å². The van der Waals surface area contributed by atoms with Crippen molar-refractivity contribution in [3.63, 3.8) is 0 Å². The number of piperidine rings is 1. The Morgan fingerprint density at radius 3 is 2.38 bits per heavy atom. The first-order chi connectivity index (χ1) is 10.2. The fourth-order valence-electron chi connectivity index (χ4n) is 3.46. The molecule has 0 bridgehead atoms. The van der Waals surface area contributed by atoms with E-state index in [1.165, 1.54) is 19.3 Å². The molecule has 1 amide bonds. The van der Waals surface area contributed by atoms with E-state index in [1.54, 1.807) is 0 Å². The van der Waals surface area contributed by atoms with Crippen LogP contribution in [0.2, 0.25) is 0 Å². The Hall–Kier alpha value is -0.650. The van der Waals surface area contributed by atoms with Crippen molar-refractivity contribution >= 4 is 5.91 Å². The van der Waals surface area contributed by atoms with Gasteiger partial charge in [-0.05, 0) is 31.8 Å². The van der Waals surface area contributed by atoms with Crippen molar-refractivity contribution < 1.29 is 4.79 Å². The molecule has 0 aromatic rings. The van der Waals surface area contributed by atoms with E-state index in [-0.39, 0.29) is 11.9 Å². The normalized spacial score (nSPS) is 23.2. The summed E-state index contributed by atoms with van der Waals surface area (Å²) in [7, 11) is 0. The van der Waals surface area contributed by atoms with Gasteiger partial charge in [0.05, 0.1) is 6.04 Å². The Kier molecular flexibility index (Phi) is 6.93. The lowest BCUT2D eigenvalue weighted by atomic mass is 9.98. The van der Waals surface area contributed by atoms with Gasteiger partial charge in [-0.1, -0.05) is 20.3 Å². The molecule has 1 unspecified atom stereocenters. The number of piperazine rings is 1. The van der Waals surface area contributed by atoms with Gasteiger partial charge in [-0.15, -0.1) is 0 Å². The Morgan fingerprint density at radius 2 is 1.76 bits per heavy atom. The summed E-state index contributed by atoms with van der Waals surface area (Å²) in [4.78, 5) is 17.3. The number of rotatable bonds is 6. The standard InChI is InChI=1S/C16H32N4O/c1-14(2)15(20-9-4-3-5-10-20)16(21)18-8-13-19-11-6-17-7-12-19/h14-15,17H,3-13H2,1-2H3,(H,18,21). The molecular formula is C16H32N4O. The highest BCUT2D eigenvalue weighted by molar-refractivity contribution is 5.82. The minimum atomic E-state index is 0.0494. The van der Waals surface area contributed by atoms with Gasteiger partial charge < -0.3 is 10.6 Å². The van der Waals surface area contributed by atoms with Gasteiger partial charge in [0.25, 0.3) is 0 Å². The van der Waals surface area contributed by atoms with E-state index in [9.17, 15) is 4.79 Å². The third-order valence-electron chi connectivity index (χ3n) is 4.62. The van der Waals surface area contributed by atoms with Crippen LogP contribution in [-0.4, -0.2) is 74.1 Å². The maximum absolute atomic E-state index is 12.5. The van der Waals surface area contributed by atoms with Gasteiger partial charge in [-0.25, -0.2) is 0 Å². The quantitative estimate of drug-likeness (QED) is 0.750. The van der Waals surface area contributed by atoms with Crippen LogP contribution in [0.1, 0.15) is 33.1 Å². The van der Waals surface area contributed by atoms with Crippen LogP contribution in [0.3, 0.4) is 0 Å². The van der Waals surface area contributed by atoms with E-state index < -0.39 is 0 Å². The van der Waals surface area contributed by atoms with Crippen molar-refractivity contribution in [3.05, 3.63) is 0 Å². The number of amides is 1. The molecule has 0 radical (unpaired) electrons. The molecule has 0 aromatic carbocycles. The van der Waals surface area contributed by atoms with Crippen LogP contribution in [-0.2, 0) is 4.79 Å². The molecule has 2 N–H and O–H groups in total. The molecule has 0 spiro atoms. The molecule has 2 fully saturated rings. The zero-order chi connectivity index (χ0) is 15.1. The zero-order valence-corrected chi connectivity index (χ0v) is 13.7. The Morgan fingerprint density at radius 1 is 1.10 bits per heavy atom. The third-order valence-corrected chi connectivity index (χ3v) is 4.62. The Bertz CT molecular complexity index is 309. The second kappa shape index (κ2) is 8.71. The Balaban J connectivity index is 1.75. The van der Waals surface area contributed by atoms with Gasteiger partial charge in [-0.3, -0.25) is 14.6 Å². The number of nitrogens with one attached hydrogen (secondary N) is 2. The Labute approximate surface area is 129 Å². The number of hydrogen-bond donors (Lipinski definition) is 2. The SMILES string of the molecule is CC(C)C(C(=O)NCCN1CCNCC1)N1CCCCC1. The van der Waals surface area contributed by atoms with Gasteiger partial charge in [-0.2, -0.15) is 0 Å². The molecule has 2 heterocycles. The number of hydrogen-bond acceptors (Lipinski definition) is 4. The van der Waals surface area contributed by atoms with Crippen LogP contribution in [0, 0.1) is 5.92 Å². The molecule has 1 atom stereocenters. The van der Waals surface area contributed by atoms with Gasteiger partial charge in [0, 0.05) is 39.3 Å². The number of carbonyl (C=O) groups excluding carboxylic acids is 1. The van der Waals surface area contributed by atoms with Gasteiger partial charge >= 0.3 is 0 Å². The van der Waals surface area contributed by atoms with Crippen molar-refractivity contribution in [2.45, 2.75) is 39.2 Å². The third kappa shape index (κ3) is 5.24. The summed E-state index contributed by atoms with van der Waals surface area (Å²) in [6.45, 7) is 12.5. The van der Waals surface area contributed by atoms with Crippen LogP contribution in [0.15, 0.2) is 0 Å². The molecule has 5 nitrogen and oxygen atoms in total. The zero-order valence-electron chi connectivity index (χ0n) is 13.7. The van der Waals surface area contributed by atoms with Crippen molar-refractivity contribution in [2.75, 3.05) is 52.4 Å². The maximum Gasteiger partial charge on any atom is 0.237 e. The fraction of sp³-hybridized carbons (Fsp3) is 0.938. The smallest absolute Gasteiger partial charge is 0.237 e. The number of nitrogens with zero attached hydrogens (tertiary/aromatic N) is 2. The average Bonchev–Trinajstić information content (AvgIpc) is 2.49. The van der Waals surface area contributed by atoms with E-state index in [2.05, 4.69) is 34.3 Å². The first-order valence-electron chi connectivity index (χ1n) is 8.63. The lowest BCUT2D eigenvalue weighted by Crippen LogP contribution is -2.53. The monoisotopic (exact) mass is 296 g/mol. The van der Waals surface area contributed by atoms with Gasteiger partial charge in [0.1, 0.15) is 0 Å². The molecule has 0 aliphatic carbocycles. The molecule has 2 aliphatic rings. The molecule has 5 heteroatoms. The van der Waals surface area contributed by atoms with Crippen molar-refractivity contribution in [3.8, 4) is 0 Å². The molecule has 0 saturated carbocycles.